The van der Waals surface area contributed by atoms with Gasteiger partial charge in [0.2, 0.25) is 0 Å². The number of anilines is 1. The summed E-state index contributed by atoms with van der Waals surface area (Å²) < 4.78 is 1.16. The molecule has 1 aliphatic carbocycles. The number of halogens is 1. The molecule has 1 aromatic carbocycles. The fraction of sp³-hybridized carbons (Fsp3) is 0.632. The van der Waals surface area contributed by atoms with E-state index in [0.717, 1.165) is 42.5 Å². The van der Waals surface area contributed by atoms with Gasteiger partial charge in [0.05, 0.1) is 5.69 Å². The largest absolute Gasteiger partial charge is 0.368 e. The summed E-state index contributed by atoms with van der Waals surface area (Å²) in [5, 5.41) is 7.08. The van der Waals surface area contributed by atoms with Gasteiger partial charge in [-0.3, -0.25) is 9.89 Å². The molecule has 1 saturated carbocycles. The second kappa shape index (κ2) is 8.41. The number of benzene rings is 1. The van der Waals surface area contributed by atoms with E-state index in [4.69, 9.17) is 0 Å². The fourth-order valence-electron chi connectivity index (χ4n) is 3.42. The van der Waals surface area contributed by atoms with Gasteiger partial charge in [-0.1, -0.05) is 12.1 Å². The van der Waals surface area contributed by atoms with Gasteiger partial charge in [-0.15, -0.1) is 0 Å². The molecular weight excluding hydrogens is 378 g/mol. The number of likely N-dealkylation sites (N-methyl/N-ethyl adjacent to an activating group) is 1. The summed E-state index contributed by atoms with van der Waals surface area (Å²) in [6.45, 7) is 5.27. The summed E-state index contributed by atoms with van der Waals surface area (Å²) in [6, 6.07) is 10.2. The Hall–Kier alpha value is -1.27. The number of nitrogens with zero attached hydrogens (tertiary/aromatic N) is 3. The van der Waals surface area contributed by atoms with E-state index in [9.17, 15) is 0 Å². The molecule has 0 amide bonds. The molecule has 2 unspecified atom stereocenters. The number of guanidine groups is 1. The highest BCUT2D eigenvalue weighted by molar-refractivity contribution is 9.10. The van der Waals surface area contributed by atoms with Crippen molar-refractivity contribution in [3.05, 3.63) is 28.7 Å². The summed E-state index contributed by atoms with van der Waals surface area (Å²) in [5.41, 5.74) is 1.27. The first-order valence-electron chi connectivity index (χ1n) is 9.27. The number of rotatable bonds is 6. The third-order valence-corrected chi connectivity index (χ3v) is 6.00. The molecule has 0 aromatic heterocycles. The Bertz CT molecular complexity index is 601. The van der Waals surface area contributed by atoms with Gasteiger partial charge in [-0.2, -0.15) is 0 Å². The van der Waals surface area contributed by atoms with E-state index in [0.29, 0.717) is 12.1 Å². The normalized spacial score (nSPS) is 22.4. The fourth-order valence-corrected chi connectivity index (χ4v) is 3.96. The molecule has 1 aromatic rings. The molecule has 5 nitrogen and oxygen atoms in total. The molecule has 1 aliphatic heterocycles. The quantitative estimate of drug-likeness (QED) is 0.561. The van der Waals surface area contributed by atoms with Crippen LogP contribution in [0.5, 0.6) is 0 Å². The van der Waals surface area contributed by atoms with Crippen LogP contribution in [0, 0.1) is 0 Å². The highest BCUT2D eigenvalue weighted by Crippen LogP contribution is 2.28. The SMILES string of the molecule is CN=C(NCC(C)N(C)C1CC1)NC1CCN(c2ccccc2Br)C1. The van der Waals surface area contributed by atoms with Crippen molar-refractivity contribution >= 4 is 27.6 Å². The van der Waals surface area contributed by atoms with E-state index in [2.05, 4.69) is 79.6 Å². The van der Waals surface area contributed by atoms with Crippen molar-refractivity contribution in [1.82, 2.24) is 15.5 Å². The molecule has 0 radical (unpaired) electrons. The van der Waals surface area contributed by atoms with Crippen LogP contribution in [0.15, 0.2) is 33.7 Å². The Labute approximate surface area is 160 Å². The Balaban J connectivity index is 1.47. The van der Waals surface area contributed by atoms with Crippen LogP contribution < -0.4 is 15.5 Å². The molecule has 0 bridgehead atoms. The first-order chi connectivity index (χ1) is 12.1. The number of aliphatic imine (C=N–C) groups is 1. The van der Waals surface area contributed by atoms with E-state index in [1.54, 1.807) is 0 Å². The summed E-state index contributed by atoms with van der Waals surface area (Å²) in [6.07, 6.45) is 3.82. The summed E-state index contributed by atoms with van der Waals surface area (Å²) in [5.74, 6) is 0.912. The topological polar surface area (TPSA) is 42.9 Å². The lowest BCUT2D eigenvalue weighted by Gasteiger charge is -2.26. The Kier molecular flexibility index (Phi) is 6.23. The van der Waals surface area contributed by atoms with E-state index in [1.807, 2.05) is 7.05 Å². The maximum absolute atomic E-state index is 4.41. The molecular formula is C19H30BrN5. The van der Waals surface area contributed by atoms with Crippen molar-refractivity contribution in [2.75, 3.05) is 38.6 Å². The number of nitrogens with one attached hydrogen (secondary N) is 2. The smallest absolute Gasteiger partial charge is 0.191 e. The number of para-hydroxylation sites is 1. The minimum Gasteiger partial charge on any atom is -0.368 e. The molecule has 2 atom stereocenters. The zero-order valence-corrected chi connectivity index (χ0v) is 17.1. The Morgan fingerprint density at radius 1 is 1.36 bits per heavy atom. The molecule has 2 aliphatic rings. The van der Waals surface area contributed by atoms with E-state index >= 15 is 0 Å². The van der Waals surface area contributed by atoms with Crippen LogP contribution in [0.3, 0.4) is 0 Å². The predicted octanol–water partition coefficient (Wildman–Crippen LogP) is 2.68. The number of hydrogen-bond donors (Lipinski definition) is 2. The second-order valence-corrected chi connectivity index (χ2v) is 8.08. The Morgan fingerprint density at radius 2 is 2.12 bits per heavy atom. The van der Waals surface area contributed by atoms with Crippen LogP contribution in [0.2, 0.25) is 0 Å². The Morgan fingerprint density at radius 3 is 2.80 bits per heavy atom. The molecule has 1 saturated heterocycles. The first kappa shape index (κ1) is 18.5. The third-order valence-electron chi connectivity index (χ3n) is 5.33. The van der Waals surface area contributed by atoms with Gasteiger partial charge in [-0.05, 0) is 61.3 Å². The van der Waals surface area contributed by atoms with Crippen LogP contribution in [0.4, 0.5) is 5.69 Å². The molecule has 0 spiro atoms. The van der Waals surface area contributed by atoms with Gasteiger partial charge >= 0.3 is 0 Å². The van der Waals surface area contributed by atoms with Crippen molar-refractivity contribution < 1.29 is 0 Å². The second-order valence-electron chi connectivity index (χ2n) is 7.23. The molecule has 1 heterocycles. The van der Waals surface area contributed by atoms with Crippen LogP contribution in [-0.2, 0) is 0 Å². The minimum atomic E-state index is 0.426. The van der Waals surface area contributed by atoms with Gasteiger partial charge in [-0.25, -0.2) is 0 Å². The van der Waals surface area contributed by atoms with E-state index in [1.165, 1.54) is 18.5 Å². The molecule has 138 valence electrons. The predicted molar refractivity (Wildman–Crippen MR) is 110 cm³/mol. The highest BCUT2D eigenvalue weighted by Gasteiger charge is 2.29. The summed E-state index contributed by atoms with van der Waals surface area (Å²) >= 11 is 3.66. The van der Waals surface area contributed by atoms with E-state index in [-0.39, 0.29) is 0 Å². The van der Waals surface area contributed by atoms with E-state index < -0.39 is 0 Å². The molecule has 2 fully saturated rings. The maximum atomic E-state index is 4.41. The van der Waals surface area contributed by atoms with Crippen LogP contribution in [-0.4, -0.2) is 62.7 Å². The molecule has 6 heteroatoms. The van der Waals surface area contributed by atoms with Crippen molar-refractivity contribution in [3.63, 3.8) is 0 Å². The summed E-state index contributed by atoms with van der Waals surface area (Å²) in [4.78, 5) is 9.31. The zero-order valence-electron chi connectivity index (χ0n) is 15.5. The lowest BCUT2D eigenvalue weighted by Crippen LogP contribution is -2.48. The summed E-state index contributed by atoms with van der Waals surface area (Å²) in [7, 11) is 4.08. The van der Waals surface area contributed by atoms with Gasteiger partial charge < -0.3 is 15.5 Å². The standard InChI is InChI=1S/C19H30BrN5/c1-14(24(3)16-8-9-16)12-22-19(21-2)23-15-10-11-25(13-15)18-7-5-4-6-17(18)20/h4-7,14-16H,8-13H2,1-3H3,(H2,21,22,23). The van der Waals surface area contributed by atoms with Crippen LogP contribution >= 0.6 is 15.9 Å². The minimum absolute atomic E-state index is 0.426. The monoisotopic (exact) mass is 407 g/mol. The number of hydrogen-bond acceptors (Lipinski definition) is 3. The van der Waals surface area contributed by atoms with Gasteiger partial charge in [0.1, 0.15) is 0 Å². The zero-order chi connectivity index (χ0) is 17.8. The van der Waals surface area contributed by atoms with Crippen molar-refractivity contribution in [2.45, 2.75) is 44.3 Å². The molecule has 2 N–H and O–H groups in total. The van der Waals surface area contributed by atoms with Crippen molar-refractivity contribution in [2.24, 2.45) is 4.99 Å². The van der Waals surface area contributed by atoms with Gasteiger partial charge in [0.25, 0.3) is 0 Å². The maximum Gasteiger partial charge on any atom is 0.191 e. The highest BCUT2D eigenvalue weighted by atomic mass is 79.9. The van der Waals surface area contributed by atoms with Crippen LogP contribution in [0.1, 0.15) is 26.2 Å². The lowest BCUT2D eigenvalue weighted by molar-refractivity contribution is 0.247. The van der Waals surface area contributed by atoms with Gasteiger partial charge in [0.15, 0.2) is 5.96 Å². The third kappa shape index (κ3) is 4.88. The molecule has 25 heavy (non-hydrogen) atoms. The average Bonchev–Trinajstić information content (AvgIpc) is 3.37. The van der Waals surface area contributed by atoms with Crippen molar-refractivity contribution in [3.8, 4) is 0 Å². The lowest BCUT2D eigenvalue weighted by atomic mass is 10.2. The van der Waals surface area contributed by atoms with Crippen molar-refractivity contribution in [1.29, 1.82) is 0 Å². The molecule has 3 rings (SSSR count). The first-order valence-corrected chi connectivity index (χ1v) is 10.1. The average molecular weight is 408 g/mol. The van der Waals surface area contributed by atoms with Gasteiger partial charge in [0, 0.05) is 49.3 Å². The van der Waals surface area contributed by atoms with Crippen LogP contribution in [0.25, 0.3) is 0 Å².